The highest BCUT2D eigenvalue weighted by Crippen LogP contribution is 2.32. The van der Waals surface area contributed by atoms with Crippen LogP contribution in [0.1, 0.15) is 16.3 Å². The van der Waals surface area contributed by atoms with E-state index in [1.54, 1.807) is 6.07 Å². The van der Waals surface area contributed by atoms with Crippen molar-refractivity contribution >= 4 is 17.4 Å². The normalized spacial score (nSPS) is 11.5. The molecule has 33 heavy (non-hydrogen) atoms. The van der Waals surface area contributed by atoms with Crippen LogP contribution in [0.5, 0.6) is 11.5 Å². The zero-order chi connectivity index (χ0) is 23.8. The summed E-state index contributed by atoms with van der Waals surface area (Å²) in [5.74, 6) is -1.63. The van der Waals surface area contributed by atoms with Crippen molar-refractivity contribution in [3.05, 3.63) is 65.9 Å². The first-order valence-electron chi connectivity index (χ1n) is 9.33. The van der Waals surface area contributed by atoms with Gasteiger partial charge in [0.1, 0.15) is 17.3 Å². The summed E-state index contributed by atoms with van der Waals surface area (Å²) in [5.41, 5.74) is -0.805. The van der Waals surface area contributed by atoms with Crippen molar-refractivity contribution < 1.29 is 31.8 Å². The van der Waals surface area contributed by atoms with Gasteiger partial charge in [0.2, 0.25) is 5.82 Å². The fraction of sp³-hybridized carbons (Fsp3) is 0.143. The average Bonchev–Trinajstić information content (AvgIpc) is 3.22. The van der Waals surface area contributed by atoms with E-state index in [-0.39, 0.29) is 16.9 Å². The van der Waals surface area contributed by atoms with Gasteiger partial charge in [-0.05, 0) is 30.3 Å². The van der Waals surface area contributed by atoms with Gasteiger partial charge in [0.15, 0.2) is 5.69 Å². The Balaban J connectivity index is 1.75. The molecule has 2 heterocycles. The number of hydrogen-bond donors (Lipinski definition) is 1. The van der Waals surface area contributed by atoms with Crippen molar-refractivity contribution in [3.63, 3.8) is 0 Å². The van der Waals surface area contributed by atoms with Crippen LogP contribution in [-0.2, 0) is 6.18 Å². The number of anilines is 1. The number of fused-ring (bicyclic) bond motifs is 1. The van der Waals surface area contributed by atoms with Crippen LogP contribution in [0.4, 0.5) is 23.2 Å². The topological polar surface area (TPSA) is 90.6 Å². The van der Waals surface area contributed by atoms with Crippen molar-refractivity contribution in [2.24, 2.45) is 0 Å². The van der Waals surface area contributed by atoms with E-state index in [0.29, 0.717) is 16.0 Å². The van der Waals surface area contributed by atoms with Gasteiger partial charge in [0.05, 0.1) is 19.9 Å². The molecule has 0 atom stereocenters. The fourth-order valence-electron chi connectivity index (χ4n) is 3.00. The number of amides is 1. The number of nitrogens with one attached hydrogen (secondary N) is 1. The zero-order valence-corrected chi connectivity index (χ0v) is 17.1. The first-order valence-corrected chi connectivity index (χ1v) is 9.33. The molecule has 0 unspecified atom stereocenters. The lowest BCUT2D eigenvalue weighted by atomic mass is 10.1. The van der Waals surface area contributed by atoms with Gasteiger partial charge in [-0.3, -0.25) is 4.79 Å². The van der Waals surface area contributed by atoms with E-state index >= 15 is 0 Å². The second-order valence-corrected chi connectivity index (χ2v) is 6.73. The maximum Gasteiger partial charge on any atom is 0.433 e. The molecule has 8 nitrogen and oxygen atoms in total. The highest BCUT2D eigenvalue weighted by molar-refractivity contribution is 6.02. The molecule has 0 aliphatic heterocycles. The fourth-order valence-corrected chi connectivity index (χ4v) is 3.00. The average molecular weight is 461 g/mol. The molecular weight excluding hydrogens is 446 g/mol. The number of ether oxygens (including phenoxy) is 2. The highest BCUT2D eigenvalue weighted by atomic mass is 19.4. The Kier molecular flexibility index (Phi) is 5.58. The third kappa shape index (κ3) is 4.54. The lowest BCUT2D eigenvalue weighted by Gasteiger charge is -2.10. The molecule has 1 N–H and O–H groups in total. The van der Waals surface area contributed by atoms with Crippen LogP contribution in [0.15, 0.2) is 48.5 Å². The molecule has 0 aliphatic carbocycles. The van der Waals surface area contributed by atoms with Gasteiger partial charge in [0.25, 0.3) is 11.7 Å². The third-order valence-electron chi connectivity index (χ3n) is 4.55. The summed E-state index contributed by atoms with van der Waals surface area (Å²) in [6.07, 6.45) is -4.82. The monoisotopic (exact) mass is 461 g/mol. The summed E-state index contributed by atoms with van der Waals surface area (Å²) in [6.45, 7) is 0. The SMILES string of the molecule is COc1cc(NC(=O)c2nc3nc(-c4ccc(F)cc4)cc(C(F)(F)F)n3n2)cc(OC)c1. The smallest absolute Gasteiger partial charge is 0.433 e. The number of carbonyl (C=O) groups is 1. The summed E-state index contributed by atoms with van der Waals surface area (Å²) in [4.78, 5) is 20.6. The van der Waals surface area contributed by atoms with Crippen molar-refractivity contribution in [1.29, 1.82) is 0 Å². The largest absolute Gasteiger partial charge is 0.497 e. The number of aromatic nitrogens is 4. The third-order valence-corrected chi connectivity index (χ3v) is 4.55. The summed E-state index contributed by atoms with van der Waals surface area (Å²) < 4.78 is 65.0. The molecule has 0 bridgehead atoms. The number of hydrogen-bond acceptors (Lipinski definition) is 6. The van der Waals surface area contributed by atoms with E-state index in [1.165, 1.54) is 38.5 Å². The molecule has 0 saturated heterocycles. The quantitative estimate of drug-likeness (QED) is 0.448. The van der Waals surface area contributed by atoms with Crippen LogP contribution in [0.2, 0.25) is 0 Å². The first-order chi connectivity index (χ1) is 15.7. The summed E-state index contributed by atoms with van der Waals surface area (Å²) in [5, 5.41) is 6.19. The second kappa shape index (κ2) is 8.37. The van der Waals surface area contributed by atoms with E-state index < -0.39 is 35.2 Å². The standard InChI is InChI=1S/C21H15F4N5O3/c1-32-14-7-13(8-15(9-14)33-2)26-19(31)18-28-20-27-16(11-3-5-12(22)6-4-11)10-17(21(23,24)25)30(20)29-18/h3-10H,1-2H3,(H,26,31). The van der Waals surface area contributed by atoms with Gasteiger partial charge < -0.3 is 14.8 Å². The number of methoxy groups -OCH3 is 2. The molecule has 0 spiro atoms. The Hall–Kier alpha value is -4.22. The van der Waals surface area contributed by atoms with Gasteiger partial charge in [-0.25, -0.2) is 9.37 Å². The Morgan fingerprint density at radius 3 is 2.18 bits per heavy atom. The van der Waals surface area contributed by atoms with Crippen molar-refractivity contribution in [2.45, 2.75) is 6.18 Å². The Morgan fingerprint density at radius 2 is 1.61 bits per heavy atom. The molecule has 4 rings (SSSR count). The number of alkyl halides is 3. The van der Waals surface area contributed by atoms with E-state index in [4.69, 9.17) is 9.47 Å². The molecule has 0 radical (unpaired) electrons. The zero-order valence-electron chi connectivity index (χ0n) is 17.1. The minimum atomic E-state index is -4.82. The molecular formula is C21H15F4N5O3. The highest BCUT2D eigenvalue weighted by Gasteiger charge is 2.36. The number of halogens is 4. The molecule has 12 heteroatoms. The van der Waals surface area contributed by atoms with Crippen LogP contribution in [0.3, 0.4) is 0 Å². The molecule has 4 aromatic rings. The number of nitrogens with zero attached hydrogens (tertiary/aromatic N) is 4. The Morgan fingerprint density at radius 1 is 0.970 bits per heavy atom. The molecule has 1 amide bonds. The summed E-state index contributed by atoms with van der Waals surface area (Å²) in [7, 11) is 2.85. The van der Waals surface area contributed by atoms with Crippen LogP contribution in [0, 0.1) is 5.82 Å². The van der Waals surface area contributed by atoms with Gasteiger partial charge in [-0.15, -0.1) is 5.10 Å². The first kappa shape index (κ1) is 22.0. The minimum Gasteiger partial charge on any atom is -0.497 e. The van der Waals surface area contributed by atoms with Crippen LogP contribution in [0.25, 0.3) is 17.0 Å². The predicted octanol–water partition coefficient (Wildman–Crippen LogP) is 4.22. The molecule has 2 aromatic carbocycles. The van der Waals surface area contributed by atoms with Crippen molar-refractivity contribution in [1.82, 2.24) is 19.6 Å². The van der Waals surface area contributed by atoms with E-state index in [9.17, 15) is 22.4 Å². The maximum absolute atomic E-state index is 13.7. The number of carbonyl (C=O) groups excluding carboxylic acids is 1. The van der Waals surface area contributed by atoms with Gasteiger partial charge >= 0.3 is 6.18 Å². The van der Waals surface area contributed by atoms with Crippen LogP contribution in [-0.4, -0.2) is 39.7 Å². The van der Waals surface area contributed by atoms with Crippen LogP contribution >= 0.6 is 0 Å². The van der Waals surface area contributed by atoms with Gasteiger partial charge in [-0.1, -0.05) is 0 Å². The summed E-state index contributed by atoms with van der Waals surface area (Å²) >= 11 is 0. The van der Waals surface area contributed by atoms with Crippen molar-refractivity contribution in [3.8, 4) is 22.8 Å². The van der Waals surface area contributed by atoms with E-state index in [0.717, 1.165) is 18.2 Å². The number of benzene rings is 2. The Bertz CT molecular complexity index is 1310. The molecule has 0 saturated carbocycles. The molecule has 0 fully saturated rings. The van der Waals surface area contributed by atoms with E-state index in [1.807, 2.05) is 0 Å². The predicted molar refractivity (Wildman–Crippen MR) is 109 cm³/mol. The molecule has 2 aromatic heterocycles. The minimum absolute atomic E-state index is 0.105. The molecule has 170 valence electrons. The number of rotatable bonds is 5. The van der Waals surface area contributed by atoms with Crippen molar-refractivity contribution in [2.75, 3.05) is 19.5 Å². The maximum atomic E-state index is 13.7. The van der Waals surface area contributed by atoms with Gasteiger partial charge in [0, 0.05) is 29.4 Å². The van der Waals surface area contributed by atoms with E-state index in [2.05, 4.69) is 20.4 Å². The summed E-state index contributed by atoms with van der Waals surface area (Å²) in [6, 6.07) is 10.1. The van der Waals surface area contributed by atoms with Gasteiger partial charge in [-0.2, -0.15) is 22.7 Å². The Labute approximate surface area is 183 Å². The van der Waals surface area contributed by atoms with Crippen LogP contribution < -0.4 is 14.8 Å². The lowest BCUT2D eigenvalue weighted by molar-refractivity contribution is -0.142. The second-order valence-electron chi connectivity index (χ2n) is 6.73. The lowest BCUT2D eigenvalue weighted by Crippen LogP contribution is -2.16. The molecule has 0 aliphatic rings.